The first-order valence-electron chi connectivity index (χ1n) is 9.73. The summed E-state index contributed by atoms with van der Waals surface area (Å²) in [5, 5.41) is 9.82. The number of halogens is 4. The zero-order valence-corrected chi connectivity index (χ0v) is 19.4. The highest BCUT2D eigenvalue weighted by Gasteiger charge is 2.19. The number of amides is 1. The van der Waals surface area contributed by atoms with Gasteiger partial charge in [0, 0.05) is 18.0 Å². The van der Waals surface area contributed by atoms with Gasteiger partial charge in [0.15, 0.2) is 5.69 Å². The number of carbonyl (C=O) groups is 1. The zero-order chi connectivity index (χ0) is 24.7. The van der Waals surface area contributed by atoms with E-state index in [0.29, 0.717) is 5.02 Å². The predicted octanol–water partition coefficient (Wildman–Crippen LogP) is 4.38. The minimum Gasteiger partial charge on any atom is -0.479 e. The molecule has 0 aliphatic rings. The number of rotatable bonds is 9. The lowest BCUT2D eigenvalue weighted by Crippen LogP contribution is -2.32. The van der Waals surface area contributed by atoms with E-state index in [4.69, 9.17) is 32.8 Å². The van der Waals surface area contributed by atoms with Crippen LogP contribution in [0, 0.1) is 11.6 Å². The Labute approximate surface area is 203 Å². The van der Waals surface area contributed by atoms with Gasteiger partial charge in [0.05, 0.1) is 29.9 Å². The lowest BCUT2D eigenvalue weighted by Gasteiger charge is -2.12. The van der Waals surface area contributed by atoms with Crippen molar-refractivity contribution in [3.05, 3.63) is 69.7 Å². The van der Waals surface area contributed by atoms with Crippen molar-refractivity contribution in [1.29, 1.82) is 0 Å². The summed E-state index contributed by atoms with van der Waals surface area (Å²) in [6, 6.07) is 4.34. The summed E-state index contributed by atoms with van der Waals surface area (Å²) >= 11 is 12.1. The van der Waals surface area contributed by atoms with Gasteiger partial charge in [-0.1, -0.05) is 28.4 Å². The maximum absolute atomic E-state index is 13.5. The van der Waals surface area contributed by atoms with Crippen molar-refractivity contribution in [3.63, 3.8) is 0 Å². The van der Waals surface area contributed by atoms with Crippen LogP contribution in [-0.4, -0.2) is 46.8 Å². The SMILES string of the molecule is CCON=C(CNC(=O)c1nc(Nc2cc(F)cc(F)c2)cnc1OC)c1ncc(Cl)cc1Cl. The molecule has 0 unspecified atom stereocenters. The van der Waals surface area contributed by atoms with Gasteiger partial charge in [-0.15, -0.1) is 0 Å². The number of methoxy groups -OCH3 is 1. The predicted molar refractivity (Wildman–Crippen MR) is 123 cm³/mol. The fraction of sp³-hybridized carbons (Fsp3) is 0.190. The van der Waals surface area contributed by atoms with E-state index < -0.39 is 17.5 Å². The molecule has 0 aliphatic heterocycles. The lowest BCUT2D eigenvalue weighted by molar-refractivity contribution is 0.0949. The Kier molecular flexibility index (Phi) is 8.50. The molecule has 3 rings (SSSR count). The summed E-state index contributed by atoms with van der Waals surface area (Å²) in [6.07, 6.45) is 2.63. The number of nitrogens with zero attached hydrogens (tertiary/aromatic N) is 4. The summed E-state index contributed by atoms with van der Waals surface area (Å²) in [5.74, 6) is -2.25. The van der Waals surface area contributed by atoms with Gasteiger partial charge < -0.3 is 20.2 Å². The van der Waals surface area contributed by atoms with Crippen LogP contribution in [0.2, 0.25) is 10.0 Å². The number of anilines is 2. The molecule has 2 N–H and O–H groups in total. The molecular formula is C21H18Cl2F2N6O3. The van der Waals surface area contributed by atoms with Crippen LogP contribution in [-0.2, 0) is 4.84 Å². The van der Waals surface area contributed by atoms with Gasteiger partial charge in [-0.3, -0.25) is 9.78 Å². The Morgan fingerprint density at radius 2 is 1.82 bits per heavy atom. The van der Waals surface area contributed by atoms with Gasteiger partial charge >= 0.3 is 0 Å². The van der Waals surface area contributed by atoms with Gasteiger partial charge in [0.1, 0.15) is 35.5 Å². The van der Waals surface area contributed by atoms with Crippen molar-refractivity contribution >= 4 is 46.3 Å². The van der Waals surface area contributed by atoms with Crippen molar-refractivity contribution in [1.82, 2.24) is 20.3 Å². The standard InChI is InChI=1S/C21H18Cl2F2N6O3/c1-3-34-31-16(18-15(23)4-11(22)8-26-18)9-27-20(32)19-21(33-2)28-10-17(30-19)29-14-6-12(24)5-13(25)7-14/h4-8,10H,3,9H2,1-2H3,(H,27,32)(H,29,30). The lowest BCUT2D eigenvalue weighted by atomic mass is 10.2. The third-order valence-corrected chi connectivity index (χ3v) is 4.58. The van der Waals surface area contributed by atoms with E-state index in [1.165, 1.54) is 25.6 Å². The Balaban J connectivity index is 1.82. The van der Waals surface area contributed by atoms with Gasteiger partial charge in [-0.25, -0.2) is 18.7 Å². The second kappa shape index (κ2) is 11.5. The van der Waals surface area contributed by atoms with Gasteiger partial charge in [0.25, 0.3) is 5.91 Å². The molecule has 2 aromatic heterocycles. The monoisotopic (exact) mass is 510 g/mol. The second-order valence-corrected chi connectivity index (χ2v) is 7.36. The molecule has 0 aliphatic carbocycles. The molecule has 1 amide bonds. The molecule has 9 nitrogen and oxygen atoms in total. The summed E-state index contributed by atoms with van der Waals surface area (Å²) in [5.41, 5.74) is 0.392. The van der Waals surface area contributed by atoms with E-state index in [1.54, 1.807) is 6.92 Å². The number of nitrogens with one attached hydrogen (secondary N) is 2. The first kappa shape index (κ1) is 25.1. The molecule has 34 heavy (non-hydrogen) atoms. The molecule has 1 aromatic carbocycles. The molecular weight excluding hydrogens is 493 g/mol. The number of hydrogen-bond acceptors (Lipinski definition) is 8. The summed E-state index contributed by atoms with van der Waals surface area (Å²) < 4.78 is 32.1. The van der Waals surface area contributed by atoms with Gasteiger partial charge in [-0.2, -0.15) is 0 Å². The Morgan fingerprint density at radius 1 is 1.09 bits per heavy atom. The number of aromatic nitrogens is 3. The molecule has 13 heteroatoms. The highest BCUT2D eigenvalue weighted by atomic mass is 35.5. The molecule has 178 valence electrons. The summed E-state index contributed by atoms with van der Waals surface area (Å²) in [4.78, 5) is 30.3. The summed E-state index contributed by atoms with van der Waals surface area (Å²) in [7, 11) is 1.31. The van der Waals surface area contributed by atoms with Crippen LogP contribution in [0.4, 0.5) is 20.3 Å². The normalized spacial score (nSPS) is 11.2. The molecule has 3 aromatic rings. The molecule has 0 fully saturated rings. The van der Waals surface area contributed by atoms with Crippen LogP contribution in [0.25, 0.3) is 0 Å². The Hall–Kier alpha value is -3.57. The maximum atomic E-state index is 13.5. The van der Waals surface area contributed by atoms with Crippen LogP contribution in [0.15, 0.2) is 41.8 Å². The van der Waals surface area contributed by atoms with Crippen LogP contribution in [0.5, 0.6) is 5.88 Å². The summed E-state index contributed by atoms with van der Waals surface area (Å²) in [6.45, 7) is 1.88. The maximum Gasteiger partial charge on any atom is 0.275 e. The smallest absolute Gasteiger partial charge is 0.275 e. The highest BCUT2D eigenvalue weighted by Crippen LogP contribution is 2.21. The first-order chi connectivity index (χ1) is 16.3. The van der Waals surface area contributed by atoms with Crippen LogP contribution < -0.4 is 15.4 Å². The molecule has 0 saturated carbocycles. The minimum absolute atomic E-state index is 0.0570. The largest absolute Gasteiger partial charge is 0.479 e. The van der Waals surface area contributed by atoms with Crippen molar-refractivity contribution in [2.75, 3.05) is 25.6 Å². The van der Waals surface area contributed by atoms with Gasteiger partial charge in [-0.05, 0) is 25.1 Å². The molecule has 0 saturated heterocycles. The van der Waals surface area contributed by atoms with Crippen molar-refractivity contribution in [2.24, 2.45) is 5.16 Å². The fourth-order valence-electron chi connectivity index (χ4n) is 2.69. The molecule has 0 spiro atoms. The van der Waals surface area contributed by atoms with E-state index in [2.05, 4.69) is 30.7 Å². The van der Waals surface area contributed by atoms with Crippen molar-refractivity contribution in [3.8, 4) is 5.88 Å². The minimum atomic E-state index is -0.780. The zero-order valence-electron chi connectivity index (χ0n) is 17.9. The number of pyridine rings is 1. The van der Waals surface area contributed by atoms with E-state index in [0.717, 1.165) is 18.2 Å². The Morgan fingerprint density at radius 3 is 2.47 bits per heavy atom. The molecule has 0 atom stereocenters. The number of benzene rings is 1. The highest BCUT2D eigenvalue weighted by molar-refractivity contribution is 6.36. The fourth-order valence-corrected chi connectivity index (χ4v) is 3.17. The van der Waals surface area contributed by atoms with Crippen molar-refractivity contribution < 1.29 is 23.1 Å². The number of ether oxygens (including phenoxy) is 1. The number of carbonyl (C=O) groups excluding carboxylic acids is 1. The van der Waals surface area contributed by atoms with E-state index in [9.17, 15) is 13.6 Å². The number of hydrogen-bond donors (Lipinski definition) is 2. The quantitative estimate of drug-likeness (QED) is 0.324. The second-order valence-electron chi connectivity index (χ2n) is 6.52. The molecule has 2 heterocycles. The third-order valence-electron chi connectivity index (χ3n) is 4.08. The van der Waals surface area contributed by atoms with Crippen molar-refractivity contribution in [2.45, 2.75) is 6.92 Å². The van der Waals surface area contributed by atoms with Crippen LogP contribution in [0.1, 0.15) is 23.1 Å². The average molecular weight is 511 g/mol. The topological polar surface area (TPSA) is 111 Å². The Bertz CT molecular complexity index is 1210. The third kappa shape index (κ3) is 6.49. The van der Waals surface area contributed by atoms with E-state index in [-0.39, 0.29) is 52.7 Å². The van der Waals surface area contributed by atoms with Crippen LogP contribution in [0.3, 0.4) is 0 Å². The average Bonchev–Trinajstić information content (AvgIpc) is 2.79. The van der Waals surface area contributed by atoms with Crippen LogP contribution >= 0.6 is 23.2 Å². The first-order valence-corrected chi connectivity index (χ1v) is 10.5. The number of oxime groups is 1. The van der Waals surface area contributed by atoms with Gasteiger partial charge in [0.2, 0.25) is 5.88 Å². The molecule has 0 radical (unpaired) electrons. The van der Waals surface area contributed by atoms with E-state index >= 15 is 0 Å². The van der Waals surface area contributed by atoms with E-state index in [1.807, 2.05) is 0 Å². The molecule has 0 bridgehead atoms.